The van der Waals surface area contributed by atoms with Crippen molar-refractivity contribution < 1.29 is 9.53 Å². The number of aromatic nitrogens is 3. The highest BCUT2D eigenvalue weighted by atomic mass is 16.5. The molecule has 2 aromatic heterocycles. The highest BCUT2D eigenvalue weighted by molar-refractivity contribution is 5.95. The summed E-state index contributed by atoms with van der Waals surface area (Å²) in [6.07, 6.45) is 6.72. The van der Waals surface area contributed by atoms with Gasteiger partial charge in [0, 0.05) is 30.8 Å². The van der Waals surface area contributed by atoms with Gasteiger partial charge in [-0.15, -0.1) is 0 Å². The molecule has 1 saturated heterocycles. The van der Waals surface area contributed by atoms with Gasteiger partial charge in [-0.1, -0.05) is 0 Å². The summed E-state index contributed by atoms with van der Waals surface area (Å²) in [7, 11) is 0. The van der Waals surface area contributed by atoms with Gasteiger partial charge in [0.1, 0.15) is 6.10 Å². The molecule has 1 atom stereocenters. The van der Waals surface area contributed by atoms with Crippen LogP contribution in [0.3, 0.4) is 0 Å². The zero-order valence-corrected chi connectivity index (χ0v) is 12.5. The smallest absolute Gasteiger partial charge is 0.316 e. The van der Waals surface area contributed by atoms with Gasteiger partial charge in [-0.05, 0) is 38.0 Å². The van der Waals surface area contributed by atoms with E-state index in [-0.39, 0.29) is 12.0 Å². The Morgan fingerprint density at radius 1 is 1.23 bits per heavy atom. The van der Waals surface area contributed by atoms with Gasteiger partial charge in [-0.2, -0.15) is 0 Å². The predicted octanol–water partition coefficient (Wildman–Crippen LogP) is 1.86. The largest absolute Gasteiger partial charge is 0.458 e. The van der Waals surface area contributed by atoms with Gasteiger partial charge in [0.2, 0.25) is 0 Å². The van der Waals surface area contributed by atoms with Gasteiger partial charge in [0.15, 0.2) is 0 Å². The number of piperidine rings is 1. The first kappa shape index (κ1) is 14.4. The molecule has 0 aliphatic carbocycles. The minimum atomic E-state index is -0.0722. The maximum absolute atomic E-state index is 12.6. The molecule has 0 radical (unpaired) electrons. The summed E-state index contributed by atoms with van der Waals surface area (Å²) in [5.41, 5.74) is 1.40. The minimum Gasteiger partial charge on any atom is -0.458 e. The first-order chi connectivity index (χ1) is 10.7. The van der Waals surface area contributed by atoms with Gasteiger partial charge >= 0.3 is 6.01 Å². The molecule has 0 aromatic carbocycles. The molecule has 0 bridgehead atoms. The third-order valence-electron chi connectivity index (χ3n) is 3.72. The number of rotatable bonds is 3. The van der Waals surface area contributed by atoms with E-state index in [1.54, 1.807) is 30.7 Å². The molecule has 1 fully saturated rings. The van der Waals surface area contributed by atoms with Crippen molar-refractivity contribution in [1.82, 2.24) is 19.9 Å². The van der Waals surface area contributed by atoms with Gasteiger partial charge in [-0.3, -0.25) is 9.78 Å². The SMILES string of the molecule is Cc1ncccc1C(=O)N1CCCC(Oc2ncccn2)C1. The average molecular weight is 298 g/mol. The molecule has 0 spiro atoms. The van der Waals surface area contributed by atoms with E-state index >= 15 is 0 Å². The van der Waals surface area contributed by atoms with E-state index in [1.807, 2.05) is 17.9 Å². The number of likely N-dealkylation sites (tertiary alicyclic amines) is 1. The zero-order valence-electron chi connectivity index (χ0n) is 12.5. The Labute approximate surface area is 129 Å². The molecule has 2 aromatic rings. The molecule has 1 amide bonds. The number of pyridine rings is 1. The lowest BCUT2D eigenvalue weighted by atomic mass is 10.1. The quantitative estimate of drug-likeness (QED) is 0.865. The van der Waals surface area contributed by atoms with E-state index in [9.17, 15) is 4.79 Å². The van der Waals surface area contributed by atoms with Gasteiger partial charge in [0.25, 0.3) is 5.91 Å². The van der Waals surface area contributed by atoms with Crippen LogP contribution < -0.4 is 4.74 Å². The molecular formula is C16H18N4O2. The van der Waals surface area contributed by atoms with Gasteiger partial charge in [-0.25, -0.2) is 9.97 Å². The number of aryl methyl sites for hydroxylation is 1. The number of carbonyl (C=O) groups is 1. The summed E-state index contributed by atoms with van der Waals surface area (Å²) in [4.78, 5) is 26.8. The standard InChI is InChI=1S/C16H18N4O2/c1-12-14(6-2-7-17-12)15(21)20-10-3-5-13(11-20)22-16-18-8-4-9-19-16/h2,4,6-9,13H,3,5,10-11H2,1H3. The van der Waals surface area contributed by atoms with Crippen LogP contribution in [-0.2, 0) is 0 Å². The minimum absolute atomic E-state index is 0.00730. The Bertz CT molecular complexity index is 648. The van der Waals surface area contributed by atoms with Crippen LogP contribution in [0.5, 0.6) is 6.01 Å². The molecule has 1 unspecified atom stereocenters. The number of nitrogens with zero attached hydrogens (tertiary/aromatic N) is 4. The molecule has 1 aliphatic rings. The van der Waals surface area contributed by atoms with E-state index < -0.39 is 0 Å². The Hall–Kier alpha value is -2.50. The molecule has 114 valence electrons. The fraction of sp³-hybridized carbons (Fsp3) is 0.375. The van der Waals surface area contributed by atoms with E-state index in [0.717, 1.165) is 25.1 Å². The second-order valence-electron chi connectivity index (χ2n) is 5.30. The van der Waals surface area contributed by atoms with E-state index in [1.165, 1.54) is 0 Å². The summed E-state index contributed by atoms with van der Waals surface area (Å²) in [5.74, 6) is 0.00730. The molecule has 6 nitrogen and oxygen atoms in total. The normalized spacial score (nSPS) is 18.0. The third-order valence-corrected chi connectivity index (χ3v) is 3.72. The molecule has 6 heteroatoms. The predicted molar refractivity (Wildman–Crippen MR) is 80.6 cm³/mol. The fourth-order valence-corrected chi connectivity index (χ4v) is 2.59. The van der Waals surface area contributed by atoms with Crippen LogP contribution in [-0.4, -0.2) is 45.0 Å². The van der Waals surface area contributed by atoms with Gasteiger partial charge in [0.05, 0.1) is 12.1 Å². The highest BCUT2D eigenvalue weighted by Crippen LogP contribution is 2.18. The van der Waals surface area contributed by atoms with Crippen LogP contribution in [0.15, 0.2) is 36.8 Å². The number of carbonyl (C=O) groups excluding carboxylic acids is 1. The lowest BCUT2D eigenvalue weighted by molar-refractivity contribution is 0.0514. The van der Waals surface area contributed by atoms with E-state index in [4.69, 9.17) is 4.74 Å². The average Bonchev–Trinajstić information content (AvgIpc) is 2.56. The second kappa shape index (κ2) is 6.51. The van der Waals surface area contributed by atoms with Crippen molar-refractivity contribution in [3.8, 4) is 6.01 Å². The van der Waals surface area contributed by atoms with Gasteiger partial charge < -0.3 is 9.64 Å². The summed E-state index contributed by atoms with van der Waals surface area (Å²) in [5, 5.41) is 0. The molecule has 0 N–H and O–H groups in total. The topological polar surface area (TPSA) is 68.2 Å². The Morgan fingerprint density at radius 3 is 2.77 bits per heavy atom. The van der Waals surface area contributed by atoms with Crippen molar-refractivity contribution in [2.24, 2.45) is 0 Å². The Kier molecular flexibility index (Phi) is 4.27. The van der Waals surface area contributed by atoms with Crippen molar-refractivity contribution in [2.45, 2.75) is 25.9 Å². The maximum Gasteiger partial charge on any atom is 0.316 e. The summed E-state index contributed by atoms with van der Waals surface area (Å²) in [6.45, 7) is 3.14. The van der Waals surface area contributed by atoms with Crippen molar-refractivity contribution >= 4 is 5.91 Å². The fourth-order valence-electron chi connectivity index (χ4n) is 2.59. The summed E-state index contributed by atoms with van der Waals surface area (Å²) >= 11 is 0. The monoisotopic (exact) mass is 298 g/mol. The van der Waals surface area contributed by atoms with Crippen LogP contribution in [0.1, 0.15) is 28.9 Å². The van der Waals surface area contributed by atoms with Crippen LogP contribution in [0.4, 0.5) is 0 Å². The van der Waals surface area contributed by atoms with Crippen LogP contribution in [0, 0.1) is 6.92 Å². The van der Waals surface area contributed by atoms with Crippen molar-refractivity contribution in [3.63, 3.8) is 0 Å². The molecule has 1 aliphatic heterocycles. The molecular weight excluding hydrogens is 280 g/mol. The maximum atomic E-state index is 12.6. The lowest BCUT2D eigenvalue weighted by Gasteiger charge is -2.32. The zero-order chi connectivity index (χ0) is 15.4. The summed E-state index contributed by atoms with van der Waals surface area (Å²) in [6, 6.07) is 5.71. The van der Waals surface area contributed by atoms with Crippen LogP contribution >= 0.6 is 0 Å². The first-order valence-electron chi connectivity index (χ1n) is 7.38. The van der Waals surface area contributed by atoms with E-state index in [2.05, 4.69) is 15.0 Å². The molecule has 22 heavy (non-hydrogen) atoms. The number of hydrogen-bond donors (Lipinski definition) is 0. The van der Waals surface area contributed by atoms with Crippen molar-refractivity contribution in [1.29, 1.82) is 0 Å². The number of ether oxygens (including phenoxy) is 1. The molecule has 0 saturated carbocycles. The number of amides is 1. The van der Waals surface area contributed by atoms with E-state index in [0.29, 0.717) is 18.1 Å². The first-order valence-corrected chi connectivity index (χ1v) is 7.38. The lowest BCUT2D eigenvalue weighted by Crippen LogP contribution is -2.44. The van der Waals surface area contributed by atoms with Crippen molar-refractivity contribution in [3.05, 3.63) is 48.0 Å². The molecule has 3 heterocycles. The van der Waals surface area contributed by atoms with Crippen LogP contribution in [0.2, 0.25) is 0 Å². The number of hydrogen-bond acceptors (Lipinski definition) is 5. The van der Waals surface area contributed by atoms with Crippen molar-refractivity contribution in [2.75, 3.05) is 13.1 Å². The third kappa shape index (κ3) is 3.21. The second-order valence-corrected chi connectivity index (χ2v) is 5.30. The highest BCUT2D eigenvalue weighted by Gasteiger charge is 2.27. The summed E-state index contributed by atoms with van der Waals surface area (Å²) < 4.78 is 5.77. The Balaban J connectivity index is 1.68. The Morgan fingerprint density at radius 2 is 2.00 bits per heavy atom. The van der Waals surface area contributed by atoms with Crippen LogP contribution in [0.25, 0.3) is 0 Å². The molecule has 3 rings (SSSR count).